The van der Waals surface area contributed by atoms with Gasteiger partial charge in [0.15, 0.2) is 0 Å². The number of amides is 1. The molecule has 1 aromatic carbocycles. The Morgan fingerprint density at radius 3 is 2.72 bits per heavy atom. The number of carbonyl (C=O) groups is 1. The summed E-state index contributed by atoms with van der Waals surface area (Å²) < 4.78 is 52.7. The number of anilines is 2. The van der Waals surface area contributed by atoms with E-state index < -0.39 is 28.3 Å². The van der Waals surface area contributed by atoms with Gasteiger partial charge >= 0.3 is 6.09 Å². The molecule has 2 saturated heterocycles. The molecule has 0 aliphatic carbocycles. The molecule has 2 heterocycles. The molecule has 0 bridgehead atoms. The van der Waals surface area contributed by atoms with Crippen LogP contribution in [0.25, 0.3) is 0 Å². The van der Waals surface area contributed by atoms with Gasteiger partial charge in [-0.05, 0) is 19.1 Å². The molecule has 0 saturated carbocycles. The molecule has 0 radical (unpaired) electrons. The minimum absolute atomic E-state index is 0.140. The summed E-state index contributed by atoms with van der Waals surface area (Å²) in [6.07, 6.45) is -2.03. The van der Waals surface area contributed by atoms with Gasteiger partial charge < -0.3 is 14.4 Å². The molecule has 138 valence electrons. The highest BCUT2D eigenvalue weighted by atomic mass is 32.2. The summed E-state index contributed by atoms with van der Waals surface area (Å²) in [6.45, 7) is 3.17. The van der Waals surface area contributed by atoms with E-state index in [0.717, 1.165) is 0 Å². The van der Waals surface area contributed by atoms with Crippen molar-refractivity contribution in [3.8, 4) is 0 Å². The molecule has 0 spiro atoms. The van der Waals surface area contributed by atoms with Crippen LogP contribution >= 0.6 is 0 Å². The van der Waals surface area contributed by atoms with Crippen LogP contribution in [0.5, 0.6) is 0 Å². The fraction of sp³-hybridized carbons (Fsp3) is 0.533. The lowest BCUT2D eigenvalue weighted by atomic mass is 10.2. The average Bonchev–Trinajstić information content (AvgIpc) is 2.95. The van der Waals surface area contributed by atoms with Crippen LogP contribution in [0.2, 0.25) is 0 Å². The first-order chi connectivity index (χ1) is 11.9. The summed E-state index contributed by atoms with van der Waals surface area (Å²) in [5, 5.41) is 0. The van der Waals surface area contributed by atoms with Crippen molar-refractivity contribution in [1.29, 1.82) is 0 Å². The lowest BCUT2D eigenvalue weighted by Crippen LogP contribution is -2.38. The van der Waals surface area contributed by atoms with Crippen LogP contribution in [0.15, 0.2) is 18.2 Å². The summed E-state index contributed by atoms with van der Waals surface area (Å²) in [5.41, 5.74) is 0.577. The second kappa shape index (κ2) is 7.14. The average molecular weight is 374 g/mol. The van der Waals surface area contributed by atoms with Gasteiger partial charge in [0.25, 0.3) is 10.1 Å². The Labute approximate surface area is 145 Å². The zero-order chi connectivity index (χ0) is 18.0. The molecule has 1 unspecified atom stereocenters. The number of carbonyl (C=O) groups excluding carboxylic acids is 1. The van der Waals surface area contributed by atoms with E-state index >= 15 is 0 Å². The maximum Gasteiger partial charge on any atom is 0.417 e. The summed E-state index contributed by atoms with van der Waals surface area (Å²) in [4.78, 5) is 15.1. The van der Waals surface area contributed by atoms with Crippen molar-refractivity contribution in [2.24, 2.45) is 0 Å². The van der Waals surface area contributed by atoms with Crippen molar-refractivity contribution < 1.29 is 31.3 Å². The minimum atomic E-state index is -3.78. The van der Waals surface area contributed by atoms with Crippen molar-refractivity contribution in [3.05, 3.63) is 24.0 Å². The van der Waals surface area contributed by atoms with E-state index in [9.17, 15) is 17.6 Å². The highest BCUT2D eigenvalue weighted by molar-refractivity contribution is 7.86. The third-order valence-electron chi connectivity index (χ3n) is 3.98. The molecule has 0 aromatic heterocycles. The number of rotatable bonds is 5. The Morgan fingerprint density at radius 2 is 2.04 bits per heavy atom. The van der Waals surface area contributed by atoms with Crippen LogP contribution in [-0.2, 0) is 23.8 Å². The van der Waals surface area contributed by atoms with Crippen LogP contribution in [0.3, 0.4) is 0 Å². The molecule has 2 aliphatic rings. The zero-order valence-electron chi connectivity index (χ0n) is 13.7. The lowest BCUT2D eigenvalue weighted by Gasteiger charge is -2.32. The van der Waals surface area contributed by atoms with E-state index in [0.29, 0.717) is 32.0 Å². The van der Waals surface area contributed by atoms with Crippen molar-refractivity contribution in [1.82, 2.24) is 0 Å². The normalized spacial score (nSPS) is 21.5. The first-order valence-corrected chi connectivity index (χ1v) is 9.49. The monoisotopic (exact) mass is 374 g/mol. The van der Waals surface area contributed by atoms with Gasteiger partial charge in [0.1, 0.15) is 5.82 Å². The summed E-state index contributed by atoms with van der Waals surface area (Å²) in [5.74, 6) is -0.710. The van der Waals surface area contributed by atoms with E-state index in [1.807, 2.05) is 0 Å². The Kier molecular flexibility index (Phi) is 5.11. The Bertz CT molecular complexity index is 750. The van der Waals surface area contributed by atoms with Crippen LogP contribution in [-0.4, -0.2) is 59.4 Å². The number of para-hydroxylation sites is 1. The number of benzene rings is 1. The molecule has 1 atom stereocenters. The molecule has 0 N–H and O–H groups in total. The highest BCUT2D eigenvalue weighted by Gasteiger charge is 2.38. The van der Waals surface area contributed by atoms with Gasteiger partial charge in [-0.1, -0.05) is 6.07 Å². The Morgan fingerprint density at radius 1 is 1.32 bits per heavy atom. The van der Waals surface area contributed by atoms with Crippen molar-refractivity contribution in [2.45, 2.75) is 13.2 Å². The topological polar surface area (TPSA) is 85.4 Å². The minimum Gasteiger partial charge on any atom is -0.416 e. The number of halogens is 1. The van der Waals surface area contributed by atoms with E-state index in [4.69, 9.17) is 13.7 Å². The largest absolute Gasteiger partial charge is 0.417 e. The van der Waals surface area contributed by atoms with Crippen LogP contribution in [0, 0.1) is 5.82 Å². The van der Waals surface area contributed by atoms with Crippen molar-refractivity contribution >= 4 is 27.6 Å². The number of morpholine rings is 1. The summed E-state index contributed by atoms with van der Waals surface area (Å²) in [7, 11) is -3.78. The number of hydrogen-bond donors (Lipinski definition) is 0. The number of ether oxygens (including phenoxy) is 2. The van der Waals surface area contributed by atoms with Gasteiger partial charge in [0, 0.05) is 13.1 Å². The van der Waals surface area contributed by atoms with Gasteiger partial charge in [0.2, 0.25) is 6.29 Å². The lowest BCUT2D eigenvalue weighted by molar-refractivity contribution is 0.0109. The number of hydrogen-bond acceptors (Lipinski definition) is 7. The second-order valence-corrected chi connectivity index (χ2v) is 7.46. The molecule has 10 heteroatoms. The molecule has 2 aliphatic heterocycles. The van der Waals surface area contributed by atoms with E-state index in [2.05, 4.69) is 0 Å². The van der Waals surface area contributed by atoms with Gasteiger partial charge in [-0.3, -0.25) is 4.90 Å². The SMILES string of the molecule is CCS(=O)(=O)OC1CN(c2cccc(F)c2N2CCOCC2)C(=O)O1. The predicted octanol–water partition coefficient (Wildman–Crippen LogP) is 1.31. The second-order valence-electron chi connectivity index (χ2n) is 5.57. The van der Waals surface area contributed by atoms with Crippen molar-refractivity contribution in [3.63, 3.8) is 0 Å². The third kappa shape index (κ3) is 3.86. The third-order valence-corrected chi connectivity index (χ3v) is 5.19. The van der Waals surface area contributed by atoms with Crippen LogP contribution < -0.4 is 9.80 Å². The van der Waals surface area contributed by atoms with Crippen molar-refractivity contribution in [2.75, 3.05) is 48.4 Å². The van der Waals surface area contributed by atoms with Gasteiger partial charge in [-0.15, -0.1) is 0 Å². The fourth-order valence-electron chi connectivity index (χ4n) is 2.74. The molecule has 8 nitrogen and oxygen atoms in total. The number of nitrogens with zero attached hydrogens (tertiary/aromatic N) is 2. The highest BCUT2D eigenvalue weighted by Crippen LogP contribution is 2.35. The van der Waals surface area contributed by atoms with E-state index in [1.165, 1.54) is 24.0 Å². The summed E-state index contributed by atoms with van der Waals surface area (Å²) >= 11 is 0. The molecule has 3 rings (SSSR count). The maximum absolute atomic E-state index is 14.4. The predicted molar refractivity (Wildman–Crippen MR) is 87.6 cm³/mol. The van der Waals surface area contributed by atoms with Crippen LogP contribution in [0.1, 0.15) is 6.92 Å². The first-order valence-electron chi connectivity index (χ1n) is 7.91. The molecular formula is C15H19FN2O6S. The van der Waals surface area contributed by atoms with Gasteiger partial charge in [-0.25, -0.2) is 13.4 Å². The zero-order valence-corrected chi connectivity index (χ0v) is 14.5. The summed E-state index contributed by atoms with van der Waals surface area (Å²) in [6, 6.07) is 4.38. The molecule has 1 aromatic rings. The first kappa shape index (κ1) is 17.9. The van der Waals surface area contributed by atoms with E-state index in [-0.39, 0.29) is 18.0 Å². The maximum atomic E-state index is 14.4. The number of cyclic esters (lactones) is 1. The molecule has 2 fully saturated rings. The van der Waals surface area contributed by atoms with Gasteiger partial charge in [-0.2, -0.15) is 8.42 Å². The quantitative estimate of drug-likeness (QED) is 0.719. The Hall–Kier alpha value is -1.91. The molecule has 25 heavy (non-hydrogen) atoms. The smallest absolute Gasteiger partial charge is 0.416 e. The molecule has 1 amide bonds. The molecular weight excluding hydrogens is 355 g/mol. The van der Waals surface area contributed by atoms with E-state index in [1.54, 1.807) is 11.0 Å². The standard InChI is InChI=1S/C15H19FN2O6S/c1-2-25(20,21)24-13-10-18(15(19)23-13)12-5-3-4-11(16)14(12)17-6-8-22-9-7-17/h3-5,13H,2,6-10H2,1H3. The van der Waals surface area contributed by atoms with Gasteiger partial charge in [0.05, 0.1) is 36.9 Å². The Balaban J connectivity index is 1.86. The fourth-order valence-corrected chi connectivity index (χ4v) is 3.30. The van der Waals surface area contributed by atoms with Crippen LogP contribution in [0.4, 0.5) is 20.6 Å².